The Kier molecular flexibility index (Phi) is 3.73. The molecule has 0 aliphatic rings. The van der Waals surface area contributed by atoms with Gasteiger partial charge < -0.3 is 9.84 Å². The number of aromatic carboxylic acids is 1. The lowest BCUT2D eigenvalue weighted by atomic mass is 10.2. The number of carbonyl (C=O) groups is 1. The first-order valence-electron chi connectivity index (χ1n) is 5.03. The summed E-state index contributed by atoms with van der Waals surface area (Å²) in [5, 5.41) is 17.5. The summed E-state index contributed by atoms with van der Waals surface area (Å²) < 4.78 is 5.99. The van der Waals surface area contributed by atoms with E-state index in [1.54, 1.807) is 6.07 Å². The third-order valence-electron chi connectivity index (χ3n) is 2.14. The van der Waals surface area contributed by atoms with Gasteiger partial charge >= 0.3 is 5.97 Å². The van der Waals surface area contributed by atoms with Crippen molar-refractivity contribution in [3.05, 3.63) is 46.3 Å². The number of aromatic nitrogens is 2. The van der Waals surface area contributed by atoms with Crippen LogP contribution in [0, 0.1) is 11.3 Å². The second kappa shape index (κ2) is 5.46. The second-order valence-corrected chi connectivity index (χ2v) is 4.26. The summed E-state index contributed by atoms with van der Waals surface area (Å²) in [7, 11) is 0. The molecule has 0 fully saturated rings. The molecule has 0 radical (unpaired) electrons. The Bertz CT molecular complexity index is 665. The normalized spacial score (nSPS) is 9.68. The lowest BCUT2D eigenvalue weighted by Gasteiger charge is -2.07. The van der Waals surface area contributed by atoms with Crippen molar-refractivity contribution in [2.45, 2.75) is 0 Å². The Morgan fingerprint density at radius 3 is 2.74 bits per heavy atom. The Morgan fingerprint density at radius 2 is 2.16 bits per heavy atom. The van der Waals surface area contributed by atoms with E-state index in [1.165, 1.54) is 24.5 Å². The first-order chi connectivity index (χ1) is 9.10. The van der Waals surface area contributed by atoms with Crippen LogP contribution in [0.15, 0.2) is 35.1 Å². The molecule has 1 aromatic heterocycles. The number of carboxylic acid groups (broad SMARTS) is 1. The Hall–Kier alpha value is -2.46. The zero-order valence-corrected chi connectivity index (χ0v) is 11.0. The van der Waals surface area contributed by atoms with Crippen molar-refractivity contribution in [1.82, 2.24) is 9.97 Å². The molecule has 1 aromatic carbocycles. The molecule has 0 bridgehead atoms. The van der Waals surface area contributed by atoms with E-state index in [0.717, 1.165) is 0 Å². The highest BCUT2D eigenvalue weighted by molar-refractivity contribution is 9.10. The fourth-order valence-corrected chi connectivity index (χ4v) is 1.58. The number of nitriles is 1. The molecular formula is C12H6BrN3O3. The van der Waals surface area contributed by atoms with Gasteiger partial charge in [0.05, 0.1) is 22.4 Å². The minimum Gasteiger partial charge on any atom is -0.478 e. The van der Waals surface area contributed by atoms with Crippen molar-refractivity contribution in [3.8, 4) is 17.7 Å². The fraction of sp³-hybridized carbons (Fsp3) is 0. The van der Waals surface area contributed by atoms with Gasteiger partial charge in [0, 0.05) is 0 Å². The van der Waals surface area contributed by atoms with Crippen molar-refractivity contribution in [1.29, 1.82) is 5.26 Å². The van der Waals surface area contributed by atoms with E-state index in [2.05, 4.69) is 25.9 Å². The summed E-state index contributed by atoms with van der Waals surface area (Å²) >= 11 is 3.25. The van der Waals surface area contributed by atoms with Crippen molar-refractivity contribution in [2.75, 3.05) is 0 Å². The standard InChI is InChI=1S/C12H6BrN3O3/c13-9-2-1-7(12(17)18)3-10(9)19-11-6-15-8(4-14)5-16-11/h1-3,5-6H,(H,17,18). The maximum atomic E-state index is 10.9. The van der Waals surface area contributed by atoms with Crippen LogP contribution in [0.3, 0.4) is 0 Å². The molecule has 6 nitrogen and oxygen atoms in total. The molecule has 2 aromatic rings. The monoisotopic (exact) mass is 319 g/mol. The molecule has 0 aliphatic carbocycles. The zero-order valence-electron chi connectivity index (χ0n) is 9.37. The van der Waals surface area contributed by atoms with Crippen LogP contribution in [0.5, 0.6) is 11.6 Å². The van der Waals surface area contributed by atoms with E-state index in [4.69, 9.17) is 15.1 Å². The van der Waals surface area contributed by atoms with Crippen molar-refractivity contribution >= 4 is 21.9 Å². The highest BCUT2D eigenvalue weighted by atomic mass is 79.9. The quantitative estimate of drug-likeness (QED) is 0.934. The molecule has 0 atom stereocenters. The third kappa shape index (κ3) is 3.05. The van der Waals surface area contributed by atoms with E-state index in [1.807, 2.05) is 6.07 Å². The highest BCUT2D eigenvalue weighted by Gasteiger charge is 2.09. The van der Waals surface area contributed by atoms with Gasteiger partial charge in [-0.05, 0) is 34.1 Å². The summed E-state index contributed by atoms with van der Waals surface area (Å²) in [6.07, 6.45) is 2.56. The average Bonchev–Trinajstić information content (AvgIpc) is 2.42. The molecule has 2 rings (SSSR count). The predicted molar refractivity (Wildman–Crippen MR) is 67.9 cm³/mol. The maximum Gasteiger partial charge on any atom is 0.335 e. The Labute approximate surface area is 116 Å². The molecule has 0 saturated heterocycles. The SMILES string of the molecule is N#Cc1cnc(Oc2cc(C(=O)O)ccc2Br)cn1. The van der Waals surface area contributed by atoms with Crippen LogP contribution in [-0.2, 0) is 0 Å². The average molecular weight is 320 g/mol. The largest absolute Gasteiger partial charge is 0.478 e. The number of hydrogen-bond donors (Lipinski definition) is 1. The van der Waals surface area contributed by atoms with Gasteiger partial charge in [-0.1, -0.05) is 0 Å². The molecule has 1 N–H and O–H groups in total. The van der Waals surface area contributed by atoms with Gasteiger partial charge in [0.1, 0.15) is 11.8 Å². The van der Waals surface area contributed by atoms with Crippen LogP contribution < -0.4 is 4.74 Å². The number of rotatable bonds is 3. The van der Waals surface area contributed by atoms with Crippen LogP contribution in [-0.4, -0.2) is 21.0 Å². The van der Waals surface area contributed by atoms with Gasteiger partial charge in [-0.15, -0.1) is 0 Å². The summed E-state index contributed by atoms with van der Waals surface area (Å²) in [5.41, 5.74) is 0.269. The summed E-state index contributed by atoms with van der Waals surface area (Å²) in [6, 6.07) is 6.22. The lowest BCUT2D eigenvalue weighted by Crippen LogP contribution is -1.97. The number of hydrogen-bond acceptors (Lipinski definition) is 5. The van der Waals surface area contributed by atoms with Crippen LogP contribution >= 0.6 is 15.9 Å². The highest BCUT2D eigenvalue weighted by Crippen LogP contribution is 2.29. The molecule has 0 saturated carbocycles. The third-order valence-corrected chi connectivity index (χ3v) is 2.79. The van der Waals surface area contributed by atoms with E-state index in [0.29, 0.717) is 10.2 Å². The molecule has 0 amide bonds. The van der Waals surface area contributed by atoms with Crippen LogP contribution in [0.25, 0.3) is 0 Å². The van der Waals surface area contributed by atoms with Gasteiger partial charge in [0.25, 0.3) is 0 Å². The summed E-state index contributed by atoms with van der Waals surface area (Å²) in [5.74, 6) is -0.579. The number of carboxylic acids is 1. The van der Waals surface area contributed by atoms with E-state index < -0.39 is 5.97 Å². The van der Waals surface area contributed by atoms with Crippen LogP contribution in [0.2, 0.25) is 0 Å². The number of ether oxygens (including phenoxy) is 1. The number of nitrogens with zero attached hydrogens (tertiary/aromatic N) is 3. The van der Waals surface area contributed by atoms with E-state index >= 15 is 0 Å². The topological polar surface area (TPSA) is 96.1 Å². The Morgan fingerprint density at radius 1 is 1.37 bits per heavy atom. The molecule has 1 heterocycles. The first-order valence-corrected chi connectivity index (χ1v) is 5.82. The molecular weight excluding hydrogens is 314 g/mol. The maximum absolute atomic E-state index is 10.9. The van der Waals surface area contributed by atoms with E-state index in [9.17, 15) is 4.79 Å². The summed E-state index contributed by atoms with van der Waals surface area (Å²) in [4.78, 5) is 18.6. The number of benzene rings is 1. The molecule has 94 valence electrons. The molecule has 0 aliphatic heterocycles. The molecule has 0 spiro atoms. The Balaban J connectivity index is 2.29. The predicted octanol–water partition coefficient (Wildman–Crippen LogP) is 2.60. The molecule has 0 unspecified atom stereocenters. The van der Waals surface area contributed by atoms with Crippen LogP contribution in [0.1, 0.15) is 16.1 Å². The van der Waals surface area contributed by atoms with Crippen molar-refractivity contribution in [3.63, 3.8) is 0 Å². The van der Waals surface area contributed by atoms with Crippen molar-refractivity contribution < 1.29 is 14.6 Å². The summed E-state index contributed by atoms with van der Waals surface area (Å²) in [6.45, 7) is 0. The second-order valence-electron chi connectivity index (χ2n) is 3.40. The number of halogens is 1. The van der Waals surface area contributed by atoms with Gasteiger partial charge in [-0.2, -0.15) is 5.26 Å². The minimum absolute atomic E-state index is 0.0970. The minimum atomic E-state index is -1.05. The van der Waals surface area contributed by atoms with Crippen molar-refractivity contribution in [2.24, 2.45) is 0 Å². The van der Waals surface area contributed by atoms with Crippen LogP contribution in [0.4, 0.5) is 0 Å². The molecule has 7 heteroatoms. The molecule has 19 heavy (non-hydrogen) atoms. The fourth-order valence-electron chi connectivity index (χ4n) is 1.25. The van der Waals surface area contributed by atoms with Gasteiger partial charge in [-0.25, -0.2) is 14.8 Å². The van der Waals surface area contributed by atoms with E-state index in [-0.39, 0.29) is 17.1 Å². The van der Waals surface area contributed by atoms with Gasteiger partial charge in [-0.3, -0.25) is 0 Å². The van der Waals surface area contributed by atoms with Gasteiger partial charge in [0.2, 0.25) is 5.88 Å². The lowest BCUT2D eigenvalue weighted by molar-refractivity contribution is 0.0696. The smallest absolute Gasteiger partial charge is 0.335 e. The van der Waals surface area contributed by atoms with Gasteiger partial charge in [0.15, 0.2) is 5.69 Å². The zero-order chi connectivity index (χ0) is 13.8. The first kappa shape index (κ1) is 13.0.